The largest absolute Gasteiger partial charge is 0.493 e. The maximum absolute atomic E-state index is 13.1. The fourth-order valence-corrected chi connectivity index (χ4v) is 2.38. The lowest BCUT2D eigenvalue weighted by Crippen LogP contribution is -2.02. The van der Waals surface area contributed by atoms with E-state index in [9.17, 15) is 4.39 Å². The lowest BCUT2D eigenvalue weighted by Gasteiger charge is -2.14. The molecule has 7 nitrogen and oxygen atoms in total. The molecule has 3 rings (SSSR count). The van der Waals surface area contributed by atoms with Crippen molar-refractivity contribution in [2.45, 2.75) is 0 Å². The number of aromatic nitrogens is 3. The van der Waals surface area contributed by atoms with Crippen molar-refractivity contribution in [1.82, 2.24) is 15.0 Å². The zero-order chi connectivity index (χ0) is 18.5. The molecule has 0 atom stereocenters. The third-order valence-corrected chi connectivity index (χ3v) is 3.60. The SMILES string of the molecule is COc1cc(Nc2ncnc(-c3ccc(F)cc3)n2)cc(OC)c1OC. The summed E-state index contributed by atoms with van der Waals surface area (Å²) >= 11 is 0. The fourth-order valence-electron chi connectivity index (χ4n) is 2.38. The standard InChI is InChI=1S/C18H17FN4O3/c1-24-14-8-13(9-15(25-2)16(14)26-3)22-18-21-10-20-17(23-18)11-4-6-12(19)7-5-11/h4-10H,1-3H3,(H,20,21,22,23). The molecular weight excluding hydrogens is 339 g/mol. The van der Waals surface area contributed by atoms with Gasteiger partial charge < -0.3 is 19.5 Å². The number of ether oxygens (including phenoxy) is 3. The summed E-state index contributed by atoms with van der Waals surface area (Å²) in [5.41, 5.74) is 1.33. The Hall–Kier alpha value is -3.42. The van der Waals surface area contributed by atoms with Crippen LogP contribution in [-0.4, -0.2) is 36.3 Å². The molecule has 0 unspecified atom stereocenters. The monoisotopic (exact) mass is 356 g/mol. The highest BCUT2D eigenvalue weighted by atomic mass is 19.1. The Morgan fingerprint density at radius 3 is 2.12 bits per heavy atom. The van der Waals surface area contributed by atoms with Gasteiger partial charge >= 0.3 is 0 Å². The zero-order valence-electron chi connectivity index (χ0n) is 14.5. The van der Waals surface area contributed by atoms with E-state index in [-0.39, 0.29) is 5.82 Å². The van der Waals surface area contributed by atoms with Crippen molar-refractivity contribution in [2.24, 2.45) is 0 Å². The number of hydrogen-bond acceptors (Lipinski definition) is 7. The Morgan fingerprint density at radius 1 is 0.885 bits per heavy atom. The molecular formula is C18H17FN4O3. The number of nitrogens with one attached hydrogen (secondary N) is 1. The van der Waals surface area contributed by atoms with Gasteiger partial charge in [0.05, 0.1) is 21.3 Å². The molecule has 0 saturated heterocycles. The number of hydrogen-bond donors (Lipinski definition) is 1. The summed E-state index contributed by atoms with van der Waals surface area (Å²) in [5, 5.41) is 3.07. The highest BCUT2D eigenvalue weighted by Gasteiger charge is 2.14. The van der Waals surface area contributed by atoms with E-state index >= 15 is 0 Å². The molecule has 0 aliphatic rings. The molecule has 0 bridgehead atoms. The molecule has 0 fully saturated rings. The normalized spacial score (nSPS) is 10.3. The van der Waals surface area contributed by atoms with Crippen LogP contribution >= 0.6 is 0 Å². The van der Waals surface area contributed by atoms with Gasteiger partial charge in [0, 0.05) is 23.4 Å². The fraction of sp³-hybridized carbons (Fsp3) is 0.167. The van der Waals surface area contributed by atoms with E-state index < -0.39 is 0 Å². The zero-order valence-corrected chi connectivity index (χ0v) is 14.5. The Morgan fingerprint density at radius 2 is 1.54 bits per heavy atom. The molecule has 3 aromatic rings. The van der Waals surface area contributed by atoms with E-state index in [1.165, 1.54) is 39.8 Å². The van der Waals surface area contributed by atoms with E-state index in [4.69, 9.17) is 14.2 Å². The summed E-state index contributed by atoms with van der Waals surface area (Å²) < 4.78 is 29.0. The molecule has 8 heteroatoms. The summed E-state index contributed by atoms with van der Waals surface area (Å²) in [6, 6.07) is 9.39. The van der Waals surface area contributed by atoms with Crippen molar-refractivity contribution in [3.8, 4) is 28.6 Å². The summed E-state index contributed by atoms with van der Waals surface area (Å²) in [5.74, 6) is 1.93. The topological polar surface area (TPSA) is 78.4 Å². The molecule has 1 heterocycles. The van der Waals surface area contributed by atoms with E-state index in [1.807, 2.05) is 0 Å². The highest BCUT2D eigenvalue weighted by Crippen LogP contribution is 2.40. The van der Waals surface area contributed by atoms with Gasteiger partial charge in [0.25, 0.3) is 0 Å². The number of rotatable bonds is 6. The number of anilines is 2. The maximum Gasteiger partial charge on any atom is 0.230 e. The van der Waals surface area contributed by atoms with Gasteiger partial charge in [-0.05, 0) is 24.3 Å². The molecule has 0 spiro atoms. The van der Waals surface area contributed by atoms with Crippen LogP contribution in [0.25, 0.3) is 11.4 Å². The first-order chi connectivity index (χ1) is 12.6. The van der Waals surface area contributed by atoms with E-state index in [2.05, 4.69) is 20.3 Å². The van der Waals surface area contributed by atoms with Crippen LogP contribution in [0.1, 0.15) is 0 Å². The lowest BCUT2D eigenvalue weighted by molar-refractivity contribution is 0.324. The Labute approximate surface area is 149 Å². The number of methoxy groups -OCH3 is 3. The minimum Gasteiger partial charge on any atom is -0.493 e. The van der Waals surface area contributed by atoms with Crippen LogP contribution < -0.4 is 19.5 Å². The van der Waals surface area contributed by atoms with Crippen LogP contribution in [-0.2, 0) is 0 Å². The van der Waals surface area contributed by atoms with Crippen molar-refractivity contribution >= 4 is 11.6 Å². The van der Waals surface area contributed by atoms with Gasteiger partial charge in [-0.2, -0.15) is 4.98 Å². The highest BCUT2D eigenvalue weighted by molar-refractivity contribution is 5.66. The summed E-state index contributed by atoms with van der Waals surface area (Å²) in [6.45, 7) is 0. The Balaban J connectivity index is 1.92. The summed E-state index contributed by atoms with van der Waals surface area (Å²) in [4.78, 5) is 12.6. The van der Waals surface area contributed by atoms with Crippen LogP contribution in [0.3, 0.4) is 0 Å². The first kappa shape index (κ1) is 17.4. The first-order valence-corrected chi connectivity index (χ1v) is 7.66. The van der Waals surface area contributed by atoms with Crippen molar-refractivity contribution in [2.75, 3.05) is 26.6 Å². The van der Waals surface area contributed by atoms with Crippen LogP contribution in [0.5, 0.6) is 17.2 Å². The second kappa shape index (κ2) is 7.64. The van der Waals surface area contributed by atoms with E-state index in [1.54, 1.807) is 24.3 Å². The maximum atomic E-state index is 13.1. The molecule has 1 aromatic heterocycles. The molecule has 26 heavy (non-hydrogen) atoms. The predicted octanol–water partition coefficient (Wildman–Crippen LogP) is 3.45. The van der Waals surface area contributed by atoms with Crippen molar-refractivity contribution in [1.29, 1.82) is 0 Å². The lowest BCUT2D eigenvalue weighted by atomic mass is 10.2. The van der Waals surface area contributed by atoms with Gasteiger partial charge in [0.1, 0.15) is 12.1 Å². The van der Waals surface area contributed by atoms with Crippen LogP contribution in [0.15, 0.2) is 42.7 Å². The Bertz CT molecular complexity index is 878. The number of nitrogens with zero attached hydrogens (tertiary/aromatic N) is 3. The van der Waals surface area contributed by atoms with Gasteiger partial charge in [-0.25, -0.2) is 14.4 Å². The van der Waals surface area contributed by atoms with Gasteiger partial charge in [-0.1, -0.05) is 0 Å². The van der Waals surface area contributed by atoms with Gasteiger partial charge in [0.15, 0.2) is 17.3 Å². The van der Waals surface area contributed by atoms with Crippen molar-refractivity contribution in [3.63, 3.8) is 0 Å². The number of benzene rings is 2. The number of halogens is 1. The van der Waals surface area contributed by atoms with Gasteiger partial charge in [0.2, 0.25) is 11.7 Å². The van der Waals surface area contributed by atoms with Crippen LogP contribution in [0, 0.1) is 5.82 Å². The summed E-state index contributed by atoms with van der Waals surface area (Å²) in [7, 11) is 4.61. The third-order valence-electron chi connectivity index (χ3n) is 3.60. The minimum atomic E-state index is -0.321. The van der Waals surface area contributed by atoms with E-state index in [0.29, 0.717) is 40.3 Å². The smallest absolute Gasteiger partial charge is 0.230 e. The second-order valence-electron chi connectivity index (χ2n) is 5.18. The molecule has 2 aromatic carbocycles. The molecule has 1 N–H and O–H groups in total. The third kappa shape index (κ3) is 3.64. The second-order valence-corrected chi connectivity index (χ2v) is 5.18. The first-order valence-electron chi connectivity index (χ1n) is 7.66. The van der Waals surface area contributed by atoms with E-state index in [0.717, 1.165) is 0 Å². The van der Waals surface area contributed by atoms with Crippen LogP contribution in [0.4, 0.5) is 16.0 Å². The average Bonchev–Trinajstić information content (AvgIpc) is 2.68. The summed E-state index contributed by atoms with van der Waals surface area (Å²) in [6.07, 6.45) is 1.38. The molecule has 0 saturated carbocycles. The van der Waals surface area contributed by atoms with Crippen LogP contribution in [0.2, 0.25) is 0 Å². The quantitative estimate of drug-likeness (QED) is 0.725. The van der Waals surface area contributed by atoms with Gasteiger partial charge in [-0.3, -0.25) is 0 Å². The average molecular weight is 356 g/mol. The van der Waals surface area contributed by atoms with Crippen molar-refractivity contribution < 1.29 is 18.6 Å². The predicted molar refractivity (Wildman–Crippen MR) is 94.6 cm³/mol. The molecule has 0 radical (unpaired) electrons. The van der Waals surface area contributed by atoms with Gasteiger partial charge in [-0.15, -0.1) is 0 Å². The van der Waals surface area contributed by atoms with Crippen molar-refractivity contribution in [3.05, 3.63) is 48.5 Å². The molecule has 134 valence electrons. The molecule has 0 aliphatic carbocycles. The Kier molecular flexibility index (Phi) is 5.12. The minimum absolute atomic E-state index is 0.321. The molecule has 0 aliphatic heterocycles. The molecule has 0 amide bonds.